The molecule has 29 heavy (non-hydrogen) atoms. The lowest BCUT2D eigenvalue weighted by Crippen LogP contribution is -2.62. The third kappa shape index (κ3) is 3.41. The second-order valence-corrected chi connectivity index (χ2v) is 12.1. The summed E-state index contributed by atoms with van der Waals surface area (Å²) in [5.41, 5.74) is 0.102. The Labute approximate surface area is 178 Å². The predicted molar refractivity (Wildman–Crippen MR) is 116 cm³/mol. The molecule has 4 nitrogen and oxygen atoms in total. The molecule has 0 aromatic heterocycles. The molecule has 0 aromatic rings. The van der Waals surface area contributed by atoms with Gasteiger partial charge in [-0.1, -0.05) is 20.8 Å². The largest absolute Gasteiger partial charge is 0.393 e. The minimum Gasteiger partial charge on any atom is -0.393 e. The number of rotatable bonds is 4. The Balaban J connectivity index is 1.60. The van der Waals surface area contributed by atoms with E-state index in [4.69, 9.17) is 0 Å². The number of nitrogens with zero attached hydrogens (tertiary/aromatic N) is 1. The van der Waals surface area contributed by atoms with Crippen molar-refractivity contribution in [2.24, 2.45) is 46.3 Å². The van der Waals surface area contributed by atoms with Crippen molar-refractivity contribution < 1.29 is 15.3 Å². The summed E-state index contributed by atoms with van der Waals surface area (Å²) in [6.45, 7) is 8.26. The lowest BCUT2D eigenvalue weighted by molar-refractivity contribution is -0.207. The topological polar surface area (TPSA) is 63.9 Å². The third-order valence-electron chi connectivity index (χ3n) is 10.6. The Kier molecular flexibility index (Phi) is 5.90. The maximum atomic E-state index is 11.6. The summed E-state index contributed by atoms with van der Waals surface area (Å²) in [6, 6.07) is 0. The smallest absolute Gasteiger partial charge is 0.0602 e. The molecule has 0 unspecified atom stereocenters. The number of hydrogen-bond acceptors (Lipinski definition) is 4. The van der Waals surface area contributed by atoms with Gasteiger partial charge in [-0.3, -0.25) is 0 Å². The second-order valence-electron chi connectivity index (χ2n) is 12.1. The molecular weight excluding hydrogens is 362 g/mol. The maximum Gasteiger partial charge on any atom is 0.0602 e. The summed E-state index contributed by atoms with van der Waals surface area (Å²) in [5.74, 6) is 2.71. The fraction of sp³-hybridized carbons (Fsp3) is 1.00. The Bertz CT molecular complexity index is 597. The van der Waals surface area contributed by atoms with Crippen molar-refractivity contribution in [1.29, 1.82) is 0 Å². The second kappa shape index (κ2) is 7.76. The maximum absolute atomic E-state index is 11.6. The highest BCUT2D eigenvalue weighted by Gasteiger charge is 2.65. The zero-order chi connectivity index (χ0) is 21.1. The van der Waals surface area contributed by atoms with Crippen LogP contribution in [0.2, 0.25) is 0 Å². The van der Waals surface area contributed by atoms with Crippen LogP contribution >= 0.6 is 0 Å². The van der Waals surface area contributed by atoms with Crippen LogP contribution < -0.4 is 0 Å². The molecule has 0 aromatic carbocycles. The van der Waals surface area contributed by atoms with E-state index in [2.05, 4.69) is 39.8 Å². The van der Waals surface area contributed by atoms with Gasteiger partial charge in [-0.25, -0.2) is 0 Å². The molecule has 4 aliphatic rings. The standard InChI is InChI=1S/C25H45NO3/c1-15(9-11-26(4)5)18-6-7-19-23-20(14-22(29)25(18,19)3)24(2)10-8-17(27)12-16(24)13-21(23)28/h15-23,27-29H,6-14H2,1-5H3/t15-,16+,17-,18-,19+,20+,21+,22+,23+,24-,25+/m0/s1. The molecule has 168 valence electrons. The van der Waals surface area contributed by atoms with Crippen LogP contribution in [0.4, 0.5) is 0 Å². The zero-order valence-corrected chi connectivity index (χ0v) is 19.3. The summed E-state index contributed by atoms with van der Waals surface area (Å²) in [5, 5.41) is 33.1. The van der Waals surface area contributed by atoms with Crippen LogP contribution in [0, 0.1) is 46.3 Å². The van der Waals surface area contributed by atoms with Crippen molar-refractivity contribution in [3.8, 4) is 0 Å². The first-order valence-electron chi connectivity index (χ1n) is 12.3. The summed E-state index contributed by atoms with van der Waals surface area (Å²) in [4.78, 5) is 2.27. The van der Waals surface area contributed by atoms with Gasteiger partial charge in [-0.05, 0) is 118 Å². The van der Waals surface area contributed by atoms with Gasteiger partial charge in [0, 0.05) is 0 Å². The molecule has 0 amide bonds. The molecule has 0 heterocycles. The van der Waals surface area contributed by atoms with E-state index < -0.39 is 0 Å². The molecular formula is C25H45NO3. The van der Waals surface area contributed by atoms with Gasteiger partial charge < -0.3 is 20.2 Å². The molecule has 0 spiro atoms. The number of aliphatic hydroxyl groups is 3. The summed E-state index contributed by atoms with van der Waals surface area (Å²) < 4.78 is 0. The van der Waals surface area contributed by atoms with Crippen LogP contribution in [0.25, 0.3) is 0 Å². The molecule has 4 fully saturated rings. The zero-order valence-electron chi connectivity index (χ0n) is 19.3. The van der Waals surface area contributed by atoms with Crippen LogP contribution in [-0.4, -0.2) is 59.2 Å². The lowest BCUT2D eigenvalue weighted by atomic mass is 9.43. The van der Waals surface area contributed by atoms with E-state index in [1.54, 1.807) is 0 Å². The van der Waals surface area contributed by atoms with Crippen LogP contribution in [-0.2, 0) is 0 Å². The van der Waals surface area contributed by atoms with Gasteiger partial charge in [-0.15, -0.1) is 0 Å². The van der Waals surface area contributed by atoms with Gasteiger partial charge in [0.05, 0.1) is 18.3 Å². The molecule has 3 N–H and O–H groups in total. The Morgan fingerprint density at radius 1 is 0.966 bits per heavy atom. The Hall–Kier alpha value is -0.160. The normalized spacial score (nSPS) is 53.3. The summed E-state index contributed by atoms with van der Waals surface area (Å²) >= 11 is 0. The number of aliphatic hydroxyl groups excluding tert-OH is 3. The van der Waals surface area contributed by atoms with Crippen molar-refractivity contribution in [3.63, 3.8) is 0 Å². The van der Waals surface area contributed by atoms with E-state index in [0.717, 1.165) is 45.1 Å². The lowest BCUT2D eigenvalue weighted by Gasteiger charge is -2.63. The highest BCUT2D eigenvalue weighted by molar-refractivity contribution is 5.14. The van der Waals surface area contributed by atoms with E-state index in [-0.39, 0.29) is 29.1 Å². The molecule has 0 radical (unpaired) electrons. The molecule has 0 aliphatic heterocycles. The van der Waals surface area contributed by atoms with E-state index >= 15 is 0 Å². The van der Waals surface area contributed by atoms with E-state index in [9.17, 15) is 15.3 Å². The molecule has 0 bridgehead atoms. The molecule has 4 saturated carbocycles. The van der Waals surface area contributed by atoms with Gasteiger partial charge in [0.25, 0.3) is 0 Å². The van der Waals surface area contributed by atoms with Gasteiger partial charge in [-0.2, -0.15) is 0 Å². The molecule has 4 rings (SSSR count). The Morgan fingerprint density at radius 3 is 2.38 bits per heavy atom. The van der Waals surface area contributed by atoms with Crippen LogP contribution in [0.1, 0.15) is 72.1 Å². The van der Waals surface area contributed by atoms with Crippen molar-refractivity contribution in [2.75, 3.05) is 20.6 Å². The fourth-order valence-electron chi connectivity index (χ4n) is 8.79. The third-order valence-corrected chi connectivity index (χ3v) is 10.6. The molecule has 4 aliphatic carbocycles. The van der Waals surface area contributed by atoms with Gasteiger partial charge in [0.1, 0.15) is 0 Å². The SMILES string of the molecule is C[C@@H](CCN(C)C)[C@@H]1CC[C@@H]2[C@H]3[C@H](O)C[C@H]4C[C@@H](O)CC[C@]4(C)[C@@H]3C[C@@H](O)[C@@]21C. The van der Waals surface area contributed by atoms with Gasteiger partial charge in [0.15, 0.2) is 0 Å². The highest BCUT2D eigenvalue weighted by Crippen LogP contribution is 2.68. The Morgan fingerprint density at radius 2 is 1.69 bits per heavy atom. The summed E-state index contributed by atoms with van der Waals surface area (Å²) in [7, 11) is 4.28. The van der Waals surface area contributed by atoms with Crippen molar-refractivity contribution in [3.05, 3.63) is 0 Å². The predicted octanol–water partition coefficient (Wildman–Crippen LogP) is 3.54. The molecule has 0 saturated heterocycles. The van der Waals surface area contributed by atoms with E-state index in [1.165, 1.54) is 12.8 Å². The summed E-state index contributed by atoms with van der Waals surface area (Å²) in [6.07, 6.45) is 7.25. The van der Waals surface area contributed by atoms with Gasteiger partial charge in [0.2, 0.25) is 0 Å². The van der Waals surface area contributed by atoms with E-state index in [1.807, 2.05) is 0 Å². The average Bonchev–Trinajstić information content (AvgIpc) is 3.01. The van der Waals surface area contributed by atoms with Crippen molar-refractivity contribution in [2.45, 2.75) is 90.4 Å². The molecule has 4 heteroatoms. The van der Waals surface area contributed by atoms with Crippen LogP contribution in [0.5, 0.6) is 0 Å². The highest BCUT2D eigenvalue weighted by atomic mass is 16.3. The fourth-order valence-corrected chi connectivity index (χ4v) is 8.79. The first-order chi connectivity index (χ1) is 13.6. The quantitative estimate of drug-likeness (QED) is 0.667. The number of hydrogen-bond donors (Lipinski definition) is 3. The average molecular weight is 408 g/mol. The first-order valence-corrected chi connectivity index (χ1v) is 12.3. The minimum atomic E-state index is -0.268. The minimum absolute atomic E-state index is 0.0642. The number of fused-ring (bicyclic) bond motifs is 5. The first kappa shape index (κ1) is 22.0. The van der Waals surface area contributed by atoms with Gasteiger partial charge >= 0.3 is 0 Å². The van der Waals surface area contributed by atoms with Crippen molar-refractivity contribution >= 4 is 0 Å². The van der Waals surface area contributed by atoms with Crippen molar-refractivity contribution in [1.82, 2.24) is 4.90 Å². The van der Waals surface area contributed by atoms with Crippen LogP contribution in [0.15, 0.2) is 0 Å². The monoisotopic (exact) mass is 407 g/mol. The molecule has 11 atom stereocenters. The van der Waals surface area contributed by atoms with Crippen LogP contribution in [0.3, 0.4) is 0 Å². The van der Waals surface area contributed by atoms with E-state index in [0.29, 0.717) is 35.5 Å².